The fourth-order valence-electron chi connectivity index (χ4n) is 2.96. The first-order valence-corrected chi connectivity index (χ1v) is 7.24. The summed E-state index contributed by atoms with van der Waals surface area (Å²) in [5.41, 5.74) is 0. The molecule has 2 aliphatic heterocycles. The Labute approximate surface area is 111 Å². The zero-order chi connectivity index (χ0) is 13.3. The average molecular weight is 253 g/mol. The lowest BCUT2D eigenvalue weighted by atomic mass is 9.99. The first-order valence-electron chi connectivity index (χ1n) is 7.24. The van der Waals surface area contributed by atoms with Gasteiger partial charge in [0, 0.05) is 38.3 Å². The van der Waals surface area contributed by atoms with Crippen molar-refractivity contribution in [3.8, 4) is 0 Å². The van der Waals surface area contributed by atoms with Crippen LogP contribution in [0.25, 0.3) is 0 Å². The normalized spacial score (nSPS) is 31.8. The van der Waals surface area contributed by atoms with Crippen LogP contribution in [0.2, 0.25) is 0 Å². The Balaban J connectivity index is 1.93. The van der Waals surface area contributed by atoms with E-state index in [1.807, 2.05) is 9.80 Å². The van der Waals surface area contributed by atoms with E-state index in [1.54, 1.807) is 0 Å². The van der Waals surface area contributed by atoms with Crippen molar-refractivity contribution in [3.05, 3.63) is 0 Å². The second kappa shape index (κ2) is 5.47. The Morgan fingerprint density at radius 1 is 0.944 bits per heavy atom. The third kappa shape index (κ3) is 2.79. The molecule has 0 radical (unpaired) electrons. The first kappa shape index (κ1) is 13.7. The standard InChI is InChI=1S/C14H27N3O/c1-11-5-7-16(8-6-11)14(18)17-9-12(2)15(4)13(3)10-17/h11-13H,5-10H2,1-4H3. The Hall–Kier alpha value is -0.770. The highest BCUT2D eigenvalue weighted by Gasteiger charge is 2.32. The highest BCUT2D eigenvalue weighted by molar-refractivity contribution is 5.74. The minimum absolute atomic E-state index is 0.258. The van der Waals surface area contributed by atoms with Crippen LogP contribution in [-0.2, 0) is 0 Å². The maximum Gasteiger partial charge on any atom is 0.320 e. The second-order valence-electron chi connectivity index (χ2n) is 6.22. The summed E-state index contributed by atoms with van der Waals surface area (Å²) in [6.45, 7) is 10.3. The van der Waals surface area contributed by atoms with Crippen LogP contribution < -0.4 is 0 Å². The van der Waals surface area contributed by atoms with Gasteiger partial charge in [0.25, 0.3) is 0 Å². The molecule has 2 aliphatic rings. The summed E-state index contributed by atoms with van der Waals surface area (Å²) in [5.74, 6) is 0.777. The summed E-state index contributed by atoms with van der Waals surface area (Å²) >= 11 is 0. The molecule has 2 unspecified atom stereocenters. The number of nitrogens with zero attached hydrogens (tertiary/aromatic N) is 3. The predicted molar refractivity (Wildman–Crippen MR) is 73.6 cm³/mol. The molecule has 4 nitrogen and oxygen atoms in total. The van der Waals surface area contributed by atoms with Crippen molar-refractivity contribution < 1.29 is 4.79 Å². The fourth-order valence-corrected chi connectivity index (χ4v) is 2.96. The minimum Gasteiger partial charge on any atom is -0.325 e. The number of urea groups is 1. The van der Waals surface area contributed by atoms with E-state index in [9.17, 15) is 4.79 Å². The Morgan fingerprint density at radius 3 is 1.94 bits per heavy atom. The average Bonchev–Trinajstić information content (AvgIpc) is 2.35. The maximum atomic E-state index is 12.5. The largest absolute Gasteiger partial charge is 0.325 e. The summed E-state index contributed by atoms with van der Waals surface area (Å²) in [5, 5.41) is 0. The van der Waals surface area contributed by atoms with Crippen molar-refractivity contribution in [2.75, 3.05) is 33.2 Å². The molecular weight excluding hydrogens is 226 g/mol. The second-order valence-corrected chi connectivity index (χ2v) is 6.22. The molecule has 18 heavy (non-hydrogen) atoms. The minimum atomic E-state index is 0.258. The maximum absolute atomic E-state index is 12.5. The van der Waals surface area contributed by atoms with Crippen LogP contribution in [0, 0.1) is 5.92 Å². The van der Waals surface area contributed by atoms with Gasteiger partial charge in [0.05, 0.1) is 0 Å². The molecule has 2 rings (SSSR count). The summed E-state index contributed by atoms with van der Waals surface area (Å²) in [4.78, 5) is 18.9. The van der Waals surface area contributed by atoms with Gasteiger partial charge in [-0.15, -0.1) is 0 Å². The van der Waals surface area contributed by atoms with Crippen molar-refractivity contribution in [2.45, 2.75) is 45.7 Å². The molecule has 2 amide bonds. The SMILES string of the molecule is CC1CCN(C(=O)N2CC(C)N(C)C(C)C2)CC1. The van der Waals surface area contributed by atoms with Crippen LogP contribution in [0.15, 0.2) is 0 Å². The third-order valence-electron chi connectivity index (χ3n) is 4.68. The number of likely N-dealkylation sites (N-methyl/N-ethyl adjacent to an activating group) is 1. The third-order valence-corrected chi connectivity index (χ3v) is 4.68. The summed E-state index contributed by atoms with van der Waals surface area (Å²) in [6.07, 6.45) is 2.31. The number of amides is 2. The Bertz CT molecular complexity index is 287. The zero-order valence-electron chi connectivity index (χ0n) is 12.2. The van der Waals surface area contributed by atoms with E-state index >= 15 is 0 Å². The number of likely N-dealkylation sites (tertiary alicyclic amines) is 1. The van der Waals surface area contributed by atoms with Crippen LogP contribution in [-0.4, -0.2) is 66.0 Å². The van der Waals surface area contributed by atoms with E-state index < -0.39 is 0 Å². The molecule has 0 aliphatic carbocycles. The van der Waals surface area contributed by atoms with Gasteiger partial charge in [-0.25, -0.2) is 4.79 Å². The molecular formula is C14H27N3O. The smallest absolute Gasteiger partial charge is 0.320 e. The van der Waals surface area contributed by atoms with Crippen LogP contribution >= 0.6 is 0 Å². The molecule has 0 aromatic carbocycles. The number of piperazine rings is 1. The summed E-state index contributed by atoms with van der Waals surface area (Å²) < 4.78 is 0. The van der Waals surface area contributed by atoms with E-state index in [0.29, 0.717) is 12.1 Å². The van der Waals surface area contributed by atoms with Gasteiger partial charge in [-0.2, -0.15) is 0 Å². The molecule has 0 bridgehead atoms. The van der Waals surface area contributed by atoms with Gasteiger partial charge in [0.2, 0.25) is 0 Å². The van der Waals surface area contributed by atoms with Gasteiger partial charge in [-0.05, 0) is 39.7 Å². The summed E-state index contributed by atoms with van der Waals surface area (Å²) in [7, 11) is 2.15. The predicted octanol–water partition coefficient (Wildman–Crippen LogP) is 1.86. The van der Waals surface area contributed by atoms with Crippen molar-refractivity contribution in [2.24, 2.45) is 5.92 Å². The first-order chi connectivity index (χ1) is 8.49. The molecule has 2 heterocycles. The highest BCUT2D eigenvalue weighted by atomic mass is 16.2. The van der Waals surface area contributed by atoms with Crippen LogP contribution in [0.4, 0.5) is 4.79 Å². The molecule has 0 aromatic heterocycles. The number of hydrogen-bond donors (Lipinski definition) is 0. The van der Waals surface area contributed by atoms with E-state index in [2.05, 4.69) is 32.7 Å². The van der Waals surface area contributed by atoms with Crippen molar-refractivity contribution in [1.82, 2.24) is 14.7 Å². The Kier molecular flexibility index (Phi) is 4.15. The number of piperidine rings is 1. The molecule has 0 spiro atoms. The van der Waals surface area contributed by atoms with Crippen molar-refractivity contribution in [3.63, 3.8) is 0 Å². The van der Waals surface area contributed by atoms with Gasteiger partial charge >= 0.3 is 6.03 Å². The number of hydrogen-bond acceptors (Lipinski definition) is 2. The number of rotatable bonds is 0. The molecule has 2 fully saturated rings. The fraction of sp³-hybridized carbons (Fsp3) is 0.929. The highest BCUT2D eigenvalue weighted by Crippen LogP contribution is 2.20. The van der Waals surface area contributed by atoms with Gasteiger partial charge in [0.15, 0.2) is 0 Å². The van der Waals surface area contributed by atoms with E-state index in [1.165, 1.54) is 0 Å². The number of carbonyl (C=O) groups excluding carboxylic acids is 1. The van der Waals surface area contributed by atoms with Crippen LogP contribution in [0.1, 0.15) is 33.6 Å². The van der Waals surface area contributed by atoms with Crippen molar-refractivity contribution in [1.29, 1.82) is 0 Å². The summed E-state index contributed by atoms with van der Waals surface area (Å²) in [6, 6.07) is 1.18. The van der Waals surface area contributed by atoms with E-state index in [-0.39, 0.29) is 6.03 Å². The lowest BCUT2D eigenvalue weighted by Crippen LogP contribution is -2.59. The lowest BCUT2D eigenvalue weighted by molar-refractivity contribution is 0.0583. The van der Waals surface area contributed by atoms with E-state index in [0.717, 1.165) is 44.9 Å². The zero-order valence-corrected chi connectivity index (χ0v) is 12.2. The van der Waals surface area contributed by atoms with Gasteiger partial charge in [-0.1, -0.05) is 6.92 Å². The monoisotopic (exact) mass is 253 g/mol. The molecule has 2 atom stereocenters. The molecule has 0 N–H and O–H groups in total. The van der Waals surface area contributed by atoms with Gasteiger partial charge < -0.3 is 9.80 Å². The molecule has 0 saturated carbocycles. The van der Waals surface area contributed by atoms with Crippen LogP contribution in [0.5, 0.6) is 0 Å². The number of carbonyl (C=O) groups is 1. The lowest BCUT2D eigenvalue weighted by Gasteiger charge is -2.44. The van der Waals surface area contributed by atoms with Crippen molar-refractivity contribution >= 4 is 6.03 Å². The van der Waals surface area contributed by atoms with E-state index in [4.69, 9.17) is 0 Å². The molecule has 104 valence electrons. The van der Waals surface area contributed by atoms with Crippen LogP contribution in [0.3, 0.4) is 0 Å². The van der Waals surface area contributed by atoms with Gasteiger partial charge in [0.1, 0.15) is 0 Å². The topological polar surface area (TPSA) is 26.8 Å². The molecule has 2 saturated heterocycles. The quantitative estimate of drug-likeness (QED) is 0.659. The van der Waals surface area contributed by atoms with Gasteiger partial charge in [-0.3, -0.25) is 4.90 Å². The molecule has 0 aromatic rings. The Morgan fingerprint density at radius 2 is 1.44 bits per heavy atom. The molecule has 4 heteroatoms.